The Morgan fingerprint density at radius 1 is 0.849 bits per heavy atom. The van der Waals surface area contributed by atoms with Crippen LogP contribution in [-0.2, 0) is 13.1 Å². The molecule has 2 fully saturated rings. The molecule has 0 radical (unpaired) electrons. The number of benzene rings is 2. The Balaban J connectivity index is 1.14. The summed E-state index contributed by atoms with van der Waals surface area (Å²) in [5.41, 5.74) is -0.380. The second kappa shape index (κ2) is 14.4. The van der Waals surface area contributed by atoms with Gasteiger partial charge in [-0.15, -0.1) is 10.2 Å². The summed E-state index contributed by atoms with van der Waals surface area (Å²) in [7, 11) is 3.98. The molecule has 1 atom stereocenters. The number of fused-ring (bicyclic) bond motifs is 2. The number of hydrogen-bond acceptors (Lipinski definition) is 10. The molecule has 2 aliphatic heterocycles. The molecule has 280 valence electrons. The Labute approximate surface area is 307 Å². The maximum absolute atomic E-state index is 16.1. The molecule has 7 rings (SSSR count). The maximum atomic E-state index is 16.1. The number of amides is 2. The number of hydrogen-bond donors (Lipinski definition) is 2. The van der Waals surface area contributed by atoms with Crippen LogP contribution in [0.4, 0.5) is 40.2 Å². The van der Waals surface area contributed by atoms with Gasteiger partial charge in [0.1, 0.15) is 23.0 Å². The van der Waals surface area contributed by atoms with E-state index >= 15 is 13.2 Å². The zero-order chi connectivity index (χ0) is 37.7. The lowest BCUT2D eigenvalue weighted by Gasteiger charge is -2.39. The standard InChI is InChI=1S/C36H41F3N10O3S/c1-6-46-19-26(33(51)21-14-24(37)28(16-27(21)46)48-11-8-44(4)9-12-48)40-35(52)41-36-43-42-34(53-36)23-18-47(7-2)30-22(32(23)50)15-25(38)31(29(30)39)49-13-10-45(5)20(3)17-49/h14-16,18-20H,6-13,17H2,1-5H3,(H2,40,41,43,52). The van der Waals surface area contributed by atoms with Crippen LogP contribution in [0.1, 0.15) is 20.8 Å². The normalized spacial score (nSPS) is 17.2. The number of aryl methyl sites for hydroxylation is 2. The Hall–Kier alpha value is -5.00. The van der Waals surface area contributed by atoms with Gasteiger partial charge in [-0.3, -0.25) is 14.9 Å². The van der Waals surface area contributed by atoms with Crippen LogP contribution in [-0.4, -0.2) is 101 Å². The maximum Gasteiger partial charge on any atom is 0.325 e. The van der Waals surface area contributed by atoms with Crippen molar-refractivity contribution in [1.29, 1.82) is 0 Å². The highest BCUT2D eigenvalue weighted by molar-refractivity contribution is 7.18. The van der Waals surface area contributed by atoms with Crippen molar-refractivity contribution in [1.82, 2.24) is 29.1 Å². The minimum Gasteiger partial charge on any atom is -0.367 e. The van der Waals surface area contributed by atoms with Gasteiger partial charge in [0.2, 0.25) is 10.6 Å². The van der Waals surface area contributed by atoms with Crippen molar-refractivity contribution in [3.63, 3.8) is 0 Å². The van der Waals surface area contributed by atoms with Crippen LogP contribution < -0.4 is 31.3 Å². The summed E-state index contributed by atoms with van der Waals surface area (Å²) in [5, 5.41) is 13.3. The fourth-order valence-electron chi connectivity index (χ4n) is 7.09. The highest BCUT2D eigenvalue weighted by Gasteiger charge is 2.29. The molecular formula is C36H41F3N10O3S. The van der Waals surface area contributed by atoms with Gasteiger partial charge in [-0.2, -0.15) is 0 Å². The van der Waals surface area contributed by atoms with Gasteiger partial charge in [-0.1, -0.05) is 11.3 Å². The van der Waals surface area contributed by atoms with E-state index in [9.17, 15) is 14.4 Å². The van der Waals surface area contributed by atoms with Crippen molar-refractivity contribution in [2.45, 2.75) is 39.9 Å². The number of pyridine rings is 2. The van der Waals surface area contributed by atoms with Gasteiger partial charge in [-0.05, 0) is 53.1 Å². The van der Waals surface area contributed by atoms with Crippen molar-refractivity contribution >= 4 is 61.4 Å². The highest BCUT2D eigenvalue weighted by Crippen LogP contribution is 2.34. The number of rotatable bonds is 7. The number of nitrogens with one attached hydrogen (secondary N) is 2. The molecule has 0 saturated carbocycles. The minimum atomic E-state index is -0.825. The first-order chi connectivity index (χ1) is 25.4. The van der Waals surface area contributed by atoms with Crippen molar-refractivity contribution in [3.05, 3.63) is 68.5 Å². The Morgan fingerprint density at radius 3 is 2.25 bits per heavy atom. The van der Waals surface area contributed by atoms with Crippen LogP contribution in [0.3, 0.4) is 0 Å². The number of halogens is 3. The molecule has 2 saturated heterocycles. The van der Waals surface area contributed by atoms with E-state index in [1.54, 1.807) is 27.0 Å². The second-order valence-corrected chi connectivity index (χ2v) is 14.6. The Kier molecular flexibility index (Phi) is 9.90. The third kappa shape index (κ3) is 6.72. The fraction of sp³-hybridized carbons (Fsp3) is 0.417. The highest BCUT2D eigenvalue weighted by atomic mass is 32.1. The molecular weight excluding hydrogens is 710 g/mol. The fourth-order valence-corrected chi connectivity index (χ4v) is 7.84. The largest absolute Gasteiger partial charge is 0.367 e. The number of nitrogens with zero attached hydrogens (tertiary/aromatic N) is 8. The summed E-state index contributed by atoms with van der Waals surface area (Å²) in [4.78, 5) is 48.2. The van der Waals surface area contributed by atoms with Crippen LogP contribution >= 0.6 is 11.3 Å². The summed E-state index contributed by atoms with van der Waals surface area (Å²) < 4.78 is 50.4. The van der Waals surface area contributed by atoms with E-state index in [0.717, 1.165) is 30.5 Å². The Bertz CT molecular complexity index is 2350. The number of aromatic nitrogens is 4. The molecule has 13 nitrogen and oxygen atoms in total. The molecule has 2 aromatic carbocycles. The number of likely N-dealkylation sites (N-methyl/N-ethyl adjacent to an activating group) is 2. The quantitative estimate of drug-likeness (QED) is 0.241. The van der Waals surface area contributed by atoms with Gasteiger partial charge in [0.25, 0.3) is 0 Å². The first kappa shape index (κ1) is 36.4. The monoisotopic (exact) mass is 750 g/mol. The molecule has 2 aliphatic rings. The van der Waals surface area contributed by atoms with E-state index in [1.165, 1.54) is 18.5 Å². The van der Waals surface area contributed by atoms with Crippen LogP contribution in [0.15, 0.2) is 40.2 Å². The number of piperazine rings is 2. The third-order valence-corrected chi connectivity index (χ3v) is 11.2. The lowest BCUT2D eigenvalue weighted by molar-refractivity contribution is 0.232. The zero-order valence-corrected chi connectivity index (χ0v) is 31.0. The summed E-state index contributed by atoms with van der Waals surface area (Å²) in [6, 6.07) is 3.26. The first-order valence-electron chi connectivity index (χ1n) is 17.6. The molecule has 1 unspecified atom stereocenters. The van der Waals surface area contributed by atoms with Gasteiger partial charge >= 0.3 is 6.03 Å². The lowest BCUT2D eigenvalue weighted by Crippen LogP contribution is -2.50. The molecule has 2 N–H and O–H groups in total. The molecule has 5 heterocycles. The molecule has 2 amide bonds. The summed E-state index contributed by atoms with van der Waals surface area (Å²) >= 11 is 0.885. The van der Waals surface area contributed by atoms with Crippen LogP contribution in [0.2, 0.25) is 0 Å². The van der Waals surface area contributed by atoms with E-state index in [0.29, 0.717) is 50.5 Å². The first-order valence-corrected chi connectivity index (χ1v) is 18.4. The lowest BCUT2D eigenvalue weighted by atomic mass is 10.1. The van der Waals surface area contributed by atoms with Crippen LogP contribution in [0.25, 0.3) is 32.4 Å². The van der Waals surface area contributed by atoms with E-state index in [4.69, 9.17) is 0 Å². The molecule has 17 heteroatoms. The number of carbonyl (C=O) groups is 1. The number of anilines is 4. The topological polar surface area (TPSA) is 124 Å². The third-order valence-electron chi connectivity index (χ3n) is 10.3. The molecule has 53 heavy (non-hydrogen) atoms. The van der Waals surface area contributed by atoms with Gasteiger partial charge in [-0.25, -0.2) is 18.0 Å². The van der Waals surface area contributed by atoms with E-state index in [2.05, 4.69) is 30.6 Å². The van der Waals surface area contributed by atoms with Gasteiger partial charge in [0, 0.05) is 77.3 Å². The van der Waals surface area contributed by atoms with Crippen molar-refractivity contribution in [2.24, 2.45) is 0 Å². The minimum absolute atomic E-state index is 0.00460. The summed E-state index contributed by atoms with van der Waals surface area (Å²) in [6.07, 6.45) is 2.97. The SMILES string of the molecule is CCn1cc(NC(=O)Nc2nnc(-c3cn(CC)c4c(F)c(N5CCN(C)C(C)C5)c(F)cc4c3=O)s2)c(=O)c2cc(F)c(N3CCN(C)CC3)cc21. The summed E-state index contributed by atoms with van der Waals surface area (Å²) in [5.74, 6) is -2.14. The average Bonchev–Trinajstić information content (AvgIpc) is 3.59. The Morgan fingerprint density at radius 2 is 1.55 bits per heavy atom. The zero-order valence-electron chi connectivity index (χ0n) is 30.2. The predicted molar refractivity (Wildman–Crippen MR) is 203 cm³/mol. The average molecular weight is 751 g/mol. The molecule has 5 aromatic rings. The van der Waals surface area contributed by atoms with Crippen molar-refractivity contribution in [3.8, 4) is 10.6 Å². The number of urea groups is 1. The van der Waals surface area contributed by atoms with Crippen molar-refractivity contribution < 1.29 is 18.0 Å². The smallest absolute Gasteiger partial charge is 0.325 e. The van der Waals surface area contributed by atoms with Gasteiger partial charge in [0.05, 0.1) is 33.1 Å². The summed E-state index contributed by atoms with van der Waals surface area (Å²) in [6.45, 7) is 10.8. The van der Waals surface area contributed by atoms with Crippen LogP contribution in [0.5, 0.6) is 0 Å². The predicted octanol–water partition coefficient (Wildman–Crippen LogP) is 4.83. The van der Waals surface area contributed by atoms with Gasteiger partial charge in [0.15, 0.2) is 16.3 Å². The van der Waals surface area contributed by atoms with Crippen molar-refractivity contribution in [2.75, 3.05) is 80.3 Å². The second-order valence-electron chi connectivity index (χ2n) is 13.6. The van der Waals surface area contributed by atoms with E-state index in [-0.39, 0.29) is 56.0 Å². The van der Waals surface area contributed by atoms with E-state index < -0.39 is 34.3 Å². The van der Waals surface area contributed by atoms with Crippen LogP contribution in [0, 0.1) is 17.5 Å². The van der Waals surface area contributed by atoms with Gasteiger partial charge < -0.3 is 34.1 Å². The molecule has 0 aliphatic carbocycles. The van der Waals surface area contributed by atoms with E-state index in [1.807, 2.05) is 32.8 Å². The number of carbonyl (C=O) groups excluding carboxylic acids is 1. The molecule has 3 aromatic heterocycles. The molecule has 0 bridgehead atoms. The molecule has 0 spiro atoms.